The standard InChI is InChI=1S/C18H25N3O/c1-5-6-10-20-18(22)15(11-19)12-21-17-14(4)8-7-9-16(17)13(2)3/h7-9,12-13,21H,5-6,10H2,1-4H3,(H,20,22)/b15-12-. The van der Waals surface area contributed by atoms with E-state index in [0.717, 1.165) is 24.1 Å². The number of amides is 1. The maximum absolute atomic E-state index is 11.9. The molecule has 4 nitrogen and oxygen atoms in total. The van der Waals surface area contributed by atoms with Gasteiger partial charge in [0.2, 0.25) is 0 Å². The Labute approximate surface area is 133 Å². The highest BCUT2D eigenvalue weighted by atomic mass is 16.1. The quantitative estimate of drug-likeness (QED) is 0.456. The molecular weight excluding hydrogens is 274 g/mol. The number of unbranched alkanes of at least 4 members (excludes halogenated alkanes) is 1. The third kappa shape index (κ3) is 4.92. The van der Waals surface area contributed by atoms with Gasteiger partial charge in [0.15, 0.2) is 0 Å². The van der Waals surface area contributed by atoms with Crippen molar-refractivity contribution in [3.05, 3.63) is 41.1 Å². The Morgan fingerprint density at radius 3 is 2.73 bits per heavy atom. The summed E-state index contributed by atoms with van der Waals surface area (Å²) in [6, 6.07) is 8.04. The number of nitrogens with one attached hydrogen (secondary N) is 2. The highest BCUT2D eigenvalue weighted by Crippen LogP contribution is 2.27. The molecule has 2 N–H and O–H groups in total. The lowest BCUT2D eigenvalue weighted by Gasteiger charge is -2.15. The average Bonchev–Trinajstić information content (AvgIpc) is 2.49. The van der Waals surface area contributed by atoms with Crippen LogP contribution in [0.15, 0.2) is 30.0 Å². The fourth-order valence-corrected chi connectivity index (χ4v) is 2.14. The fourth-order valence-electron chi connectivity index (χ4n) is 2.14. The Morgan fingerprint density at radius 1 is 1.41 bits per heavy atom. The maximum Gasteiger partial charge on any atom is 0.263 e. The van der Waals surface area contributed by atoms with Crippen LogP contribution in [0.4, 0.5) is 5.69 Å². The van der Waals surface area contributed by atoms with Gasteiger partial charge in [0.05, 0.1) is 0 Å². The van der Waals surface area contributed by atoms with Gasteiger partial charge in [-0.1, -0.05) is 45.4 Å². The SMILES string of the molecule is CCCCNC(=O)/C(C#N)=C\Nc1c(C)cccc1C(C)C. The van der Waals surface area contributed by atoms with Gasteiger partial charge in [-0.05, 0) is 30.4 Å². The van der Waals surface area contributed by atoms with Crippen LogP contribution < -0.4 is 10.6 Å². The number of rotatable bonds is 7. The summed E-state index contributed by atoms with van der Waals surface area (Å²) < 4.78 is 0. The summed E-state index contributed by atoms with van der Waals surface area (Å²) in [5.74, 6) is 0.0304. The smallest absolute Gasteiger partial charge is 0.263 e. The van der Waals surface area contributed by atoms with Crippen LogP contribution in [-0.2, 0) is 4.79 Å². The largest absolute Gasteiger partial charge is 0.360 e. The third-order valence-corrected chi connectivity index (χ3v) is 3.47. The van der Waals surface area contributed by atoms with Gasteiger partial charge in [-0.15, -0.1) is 0 Å². The zero-order valence-corrected chi connectivity index (χ0v) is 13.9. The zero-order chi connectivity index (χ0) is 16.5. The molecule has 1 aromatic carbocycles. The van der Waals surface area contributed by atoms with Crippen LogP contribution in [0.25, 0.3) is 0 Å². The van der Waals surface area contributed by atoms with Crippen LogP contribution in [-0.4, -0.2) is 12.5 Å². The first-order chi connectivity index (χ1) is 10.5. The molecule has 118 valence electrons. The minimum atomic E-state index is -0.330. The predicted octanol–water partition coefficient (Wildman–Crippen LogP) is 3.85. The molecule has 0 aromatic heterocycles. The predicted molar refractivity (Wildman–Crippen MR) is 90.5 cm³/mol. The number of para-hydroxylation sites is 1. The molecule has 1 amide bonds. The van der Waals surface area contributed by atoms with E-state index in [1.54, 1.807) is 0 Å². The highest BCUT2D eigenvalue weighted by molar-refractivity contribution is 5.97. The first kappa shape index (κ1) is 17.8. The van der Waals surface area contributed by atoms with E-state index < -0.39 is 0 Å². The van der Waals surface area contributed by atoms with Gasteiger partial charge in [-0.25, -0.2) is 0 Å². The third-order valence-electron chi connectivity index (χ3n) is 3.47. The first-order valence-electron chi connectivity index (χ1n) is 7.75. The molecule has 1 rings (SSSR count). The summed E-state index contributed by atoms with van der Waals surface area (Å²) in [6.07, 6.45) is 3.41. The van der Waals surface area contributed by atoms with Crippen LogP contribution >= 0.6 is 0 Å². The Kier molecular flexibility index (Phi) is 7.18. The van der Waals surface area contributed by atoms with Crippen molar-refractivity contribution >= 4 is 11.6 Å². The number of hydrogen-bond acceptors (Lipinski definition) is 3. The molecule has 0 spiro atoms. The van der Waals surface area contributed by atoms with Crippen LogP contribution in [0, 0.1) is 18.3 Å². The summed E-state index contributed by atoms with van der Waals surface area (Å²) in [5, 5.41) is 15.1. The van der Waals surface area contributed by atoms with Gasteiger partial charge >= 0.3 is 0 Å². The number of nitriles is 1. The molecule has 0 saturated carbocycles. The van der Waals surface area contributed by atoms with Gasteiger partial charge in [0.25, 0.3) is 5.91 Å². The number of aryl methyl sites for hydroxylation is 1. The van der Waals surface area contributed by atoms with E-state index in [0.29, 0.717) is 12.5 Å². The number of nitrogens with zero attached hydrogens (tertiary/aromatic N) is 1. The molecular formula is C18H25N3O. The normalized spacial score (nSPS) is 11.2. The van der Waals surface area contributed by atoms with Gasteiger partial charge in [-0.3, -0.25) is 4.79 Å². The Hall–Kier alpha value is -2.28. The minimum Gasteiger partial charge on any atom is -0.360 e. The Bertz CT molecular complexity index is 582. The van der Waals surface area contributed by atoms with Gasteiger partial charge in [0, 0.05) is 18.4 Å². The fraction of sp³-hybridized carbons (Fsp3) is 0.444. The number of anilines is 1. The summed E-state index contributed by atoms with van der Waals surface area (Å²) in [7, 11) is 0. The topological polar surface area (TPSA) is 64.9 Å². The molecule has 0 aliphatic heterocycles. The van der Waals surface area contributed by atoms with Gasteiger partial charge in [-0.2, -0.15) is 5.26 Å². The first-order valence-corrected chi connectivity index (χ1v) is 7.75. The van der Waals surface area contributed by atoms with Crippen LogP contribution in [0.5, 0.6) is 0 Å². The van der Waals surface area contributed by atoms with E-state index >= 15 is 0 Å². The van der Waals surface area contributed by atoms with Crippen molar-refractivity contribution in [2.45, 2.75) is 46.5 Å². The molecule has 0 heterocycles. The molecule has 1 aromatic rings. The van der Waals surface area contributed by atoms with Crippen molar-refractivity contribution in [3.63, 3.8) is 0 Å². The molecule has 22 heavy (non-hydrogen) atoms. The second-order valence-electron chi connectivity index (χ2n) is 5.62. The minimum absolute atomic E-state index is 0.0917. The van der Waals surface area contributed by atoms with E-state index in [1.165, 1.54) is 11.8 Å². The molecule has 4 heteroatoms. The molecule has 0 aliphatic carbocycles. The van der Waals surface area contributed by atoms with E-state index in [-0.39, 0.29) is 11.5 Å². The molecule has 0 saturated heterocycles. The van der Waals surface area contributed by atoms with E-state index in [2.05, 4.69) is 37.5 Å². The number of carbonyl (C=O) groups excluding carboxylic acids is 1. The Morgan fingerprint density at radius 2 is 2.14 bits per heavy atom. The Balaban J connectivity index is 2.90. The van der Waals surface area contributed by atoms with Gasteiger partial charge < -0.3 is 10.6 Å². The van der Waals surface area contributed by atoms with Crippen molar-refractivity contribution in [1.82, 2.24) is 5.32 Å². The maximum atomic E-state index is 11.9. The molecule has 0 atom stereocenters. The lowest BCUT2D eigenvalue weighted by Crippen LogP contribution is -2.26. The van der Waals surface area contributed by atoms with Crippen molar-refractivity contribution in [3.8, 4) is 6.07 Å². The molecule has 0 aliphatic rings. The highest BCUT2D eigenvalue weighted by Gasteiger charge is 2.11. The molecule has 0 bridgehead atoms. The van der Waals surface area contributed by atoms with Crippen LogP contribution in [0.3, 0.4) is 0 Å². The second kappa shape index (κ2) is 8.89. The van der Waals surface area contributed by atoms with E-state index in [1.807, 2.05) is 25.1 Å². The lowest BCUT2D eigenvalue weighted by molar-refractivity contribution is -0.117. The second-order valence-corrected chi connectivity index (χ2v) is 5.62. The van der Waals surface area contributed by atoms with E-state index in [4.69, 9.17) is 5.26 Å². The van der Waals surface area contributed by atoms with Crippen LogP contribution in [0.1, 0.15) is 50.7 Å². The molecule has 0 unspecified atom stereocenters. The van der Waals surface area contributed by atoms with Crippen molar-refractivity contribution in [2.75, 3.05) is 11.9 Å². The van der Waals surface area contributed by atoms with E-state index in [9.17, 15) is 4.79 Å². The summed E-state index contributed by atoms with van der Waals surface area (Å²) in [5.41, 5.74) is 3.31. The number of hydrogen-bond donors (Lipinski definition) is 2. The lowest BCUT2D eigenvalue weighted by atomic mass is 9.98. The molecule has 0 fully saturated rings. The van der Waals surface area contributed by atoms with Crippen molar-refractivity contribution in [1.29, 1.82) is 5.26 Å². The average molecular weight is 299 g/mol. The zero-order valence-electron chi connectivity index (χ0n) is 13.9. The van der Waals surface area contributed by atoms with Crippen LogP contribution in [0.2, 0.25) is 0 Å². The summed E-state index contributed by atoms with van der Waals surface area (Å²) in [4.78, 5) is 11.9. The monoisotopic (exact) mass is 299 g/mol. The summed E-state index contributed by atoms with van der Waals surface area (Å²) >= 11 is 0. The van der Waals surface area contributed by atoms with Crippen molar-refractivity contribution in [2.24, 2.45) is 0 Å². The van der Waals surface area contributed by atoms with Gasteiger partial charge in [0.1, 0.15) is 11.6 Å². The van der Waals surface area contributed by atoms with Crippen molar-refractivity contribution < 1.29 is 4.79 Å². The molecule has 0 radical (unpaired) electrons. The summed E-state index contributed by atoms with van der Waals surface area (Å²) in [6.45, 7) is 8.89. The number of carbonyl (C=O) groups is 1. The number of benzene rings is 1.